The lowest BCUT2D eigenvalue weighted by Gasteiger charge is -2.04. The number of halogens is 1. The van der Waals surface area contributed by atoms with Crippen molar-refractivity contribution in [2.24, 2.45) is 0 Å². The quantitative estimate of drug-likeness (QED) is 0.369. The first-order valence-corrected chi connectivity index (χ1v) is 10.2. The van der Waals surface area contributed by atoms with Crippen LogP contribution in [0.1, 0.15) is 21.7 Å². The number of carboxylic acid groups (broad SMARTS) is 1. The zero-order valence-electron chi connectivity index (χ0n) is 16.7. The van der Waals surface area contributed by atoms with Gasteiger partial charge >= 0.3 is 5.97 Å². The van der Waals surface area contributed by atoms with E-state index in [1.165, 1.54) is 12.1 Å². The second-order valence-corrected chi connectivity index (χ2v) is 7.60. The Kier molecular flexibility index (Phi) is 5.77. The molecule has 0 radical (unpaired) electrons. The summed E-state index contributed by atoms with van der Waals surface area (Å²) in [6, 6.07) is 11.9. The Balaban J connectivity index is 0.000000183. The van der Waals surface area contributed by atoms with Crippen molar-refractivity contribution in [3.8, 4) is 29.0 Å². The molecular weight excluding hydrogens is 488 g/mol. The Morgan fingerprint density at radius 3 is 2.15 bits per heavy atom. The van der Waals surface area contributed by atoms with Crippen molar-refractivity contribution in [2.45, 2.75) is 0 Å². The predicted octanol–water partition coefficient (Wildman–Crippen LogP) is 4.25. The Labute approximate surface area is 195 Å². The SMILES string of the molecule is N#Cc1cc(-c2ccc(C(=O)O)c(O)c2)c2cnccn12.N#Cc1cc(Br)c2cnccn12. The fourth-order valence-electron chi connectivity index (χ4n) is 3.35. The average Bonchev–Trinajstić information content (AvgIpc) is 3.37. The van der Waals surface area contributed by atoms with E-state index in [-0.39, 0.29) is 11.3 Å². The van der Waals surface area contributed by atoms with Gasteiger partial charge in [0.1, 0.15) is 34.8 Å². The minimum Gasteiger partial charge on any atom is -0.507 e. The number of aromatic carboxylic acids is 1. The van der Waals surface area contributed by atoms with Crippen molar-refractivity contribution in [3.63, 3.8) is 0 Å². The first-order valence-electron chi connectivity index (χ1n) is 9.37. The second kappa shape index (κ2) is 8.83. The highest BCUT2D eigenvalue weighted by Crippen LogP contribution is 2.31. The molecule has 0 spiro atoms. The maximum absolute atomic E-state index is 10.9. The number of carboxylic acids is 1. The molecular formula is C23H13BrN6O3. The Morgan fingerprint density at radius 2 is 1.55 bits per heavy atom. The van der Waals surface area contributed by atoms with Crippen molar-refractivity contribution in [2.75, 3.05) is 0 Å². The van der Waals surface area contributed by atoms with Crippen LogP contribution in [0.15, 0.2) is 72.0 Å². The number of hydrogen-bond acceptors (Lipinski definition) is 6. The first-order chi connectivity index (χ1) is 15.9. The van der Waals surface area contributed by atoms with E-state index in [1.807, 2.05) is 0 Å². The summed E-state index contributed by atoms with van der Waals surface area (Å²) in [6.07, 6.45) is 9.98. The maximum atomic E-state index is 10.9. The average molecular weight is 501 g/mol. The van der Waals surface area contributed by atoms with Crippen LogP contribution in [-0.4, -0.2) is 35.0 Å². The third-order valence-corrected chi connectivity index (χ3v) is 5.50. The monoisotopic (exact) mass is 500 g/mol. The van der Waals surface area contributed by atoms with Crippen molar-refractivity contribution < 1.29 is 15.0 Å². The zero-order valence-corrected chi connectivity index (χ0v) is 18.3. The molecule has 0 bridgehead atoms. The van der Waals surface area contributed by atoms with E-state index in [2.05, 4.69) is 38.0 Å². The minimum absolute atomic E-state index is 0.166. The molecule has 5 aromatic rings. The summed E-state index contributed by atoms with van der Waals surface area (Å²) in [6.45, 7) is 0. The van der Waals surface area contributed by atoms with Gasteiger partial charge in [0.2, 0.25) is 0 Å². The molecule has 0 amide bonds. The van der Waals surface area contributed by atoms with Crippen LogP contribution in [0, 0.1) is 22.7 Å². The number of phenols is 1. The number of carbonyl (C=O) groups is 1. The molecule has 0 aliphatic heterocycles. The van der Waals surface area contributed by atoms with Gasteiger partial charge in [0.15, 0.2) is 0 Å². The number of benzene rings is 1. The molecule has 1 aromatic carbocycles. The van der Waals surface area contributed by atoms with Gasteiger partial charge in [0.05, 0.1) is 23.4 Å². The van der Waals surface area contributed by atoms with Gasteiger partial charge in [-0.05, 0) is 45.8 Å². The number of aromatic hydroxyl groups is 1. The molecule has 160 valence electrons. The van der Waals surface area contributed by atoms with Gasteiger partial charge in [0, 0.05) is 34.8 Å². The van der Waals surface area contributed by atoms with Gasteiger partial charge in [-0.15, -0.1) is 0 Å². The Morgan fingerprint density at radius 1 is 0.939 bits per heavy atom. The summed E-state index contributed by atoms with van der Waals surface area (Å²) in [5.74, 6) is -1.51. The van der Waals surface area contributed by atoms with Crippen molar-refractivity contribution >= 4 is 32.9 Å². The van der Waals surface area contributed by atoms with Crippen molar-refractivity contribution in [1.82, 2.24) is 18.8 Å². The fraction of sp³-hybridized carbons (Fsp3) is 0. The highest BCUT2D eigenvalue weighted by atomic mass is 79.9. The van der Waals surface area contributed by atoms with Crippen molar-refractivity contribution in [3.05, 3.63) is 88.9 Å². The number of rotatable bonds is 2. The van der Waals surface area contributed by atoms with Gasteiger partial charge in [-0.3, -0.25) is 9.97 Å². The van der Waals surface area contributed by atoms with Gasteiger partial charge in [-0.25, -0.2) is 4.79 Å². The molecule has 2 N–H and O–H groups in total. The van der Waals surface area contributed by atoms with Crippen LogP contribution in [0.3, 0.4) is 0 Å². The molecule has 0 fully saturated rings. The summed E-state index contributed by atoms with van der Waals surface area (Å²) < 4.78 is 4.37. The number of fused-ring (bicyclic) bond motifs is 2. The lowest BCUT2D eigenvalue weighted by molar-refractivity contribution is 0.0694. The standard InChI is InChI=1S/C15H9N3O3.C8H4BrN3/c16-7-10-6-12(13-8-17-3-4-18(10)13)9-1-2-11(15(20)21)14(19)5-9;9-7-3-6(4-10)12-2-1-11-5-8(7)12/h1-6,8,19H,(H,20,21);1-3,5H. The molecule has 33 heavy (non-hydrogen) atoms. The molecule has 0 unspecified atom stereocenters. The lowest BCUT2D eigenvalue weighted by Crippen LogP contribution is -1.96. The molecule has 0 saturated carbocycles. The number of aromatic nitrogens is 4. The molecule has 10 heteroatoms. The van der Waals surface area contributed by atoms with Gasteiger partial charge < -0.3 is 19.0 Å². The van der Waals surface area contributed by atoms with Gasteiger partial charge in [-0.2, -0.15) is 10.5 Å². The Bertz CT molecular complexity index is 1610. The maximum Gasteiger partial charge on any atom is 0.339 e. The summed E-state index contributed by atoms with van der Waals surface area (Å²) in [4.78, 5) is 18.9. The van der Waals surface area contributed by atoms with Crippen LogP contribution in [-0.2, 0) is 0 Å². The third kappa shape index (κ3) is 3.99. The van der Waals surface area contributed by atoms with E-state index < -0.39 is 5.97 Å². The van der Waals surface area contributed by atoms with Crippen LogP contribution >= 0.6 is 15.9 Å². The van der Waals surface area contributed by atoms with Crippen LogP contribution in [0.4, 0.5) is 0 Å². The minimum atomic E-state index is -1.19. The van der Waals surface area contributed by atoms with E-state index in [4.69, 9.17) is 15.6 Å². The van der Waals surface area contributed by atoms with Crippen LogP contribution < -0.4 is 0 Å². The fourth-order valence-corrected chi connectivity index (χ4v) is 3.86. The molecule has 9 nitrogen and oxygen atoms in total. The molecule has 0 aliphatic rings. The van der Waals surface area contributed by atoms with E-state index in [9.17, 15) is 9.90 Å². The van der Waals surface area contributed by atoms with Crippen LogP contribution in [0.5, 0.6) is 5.75 Å². The van der Waals surface area contributed by atoms with E-state index in [0.29, 0.717) is 28.0 Å². The van der Waals surface area contributed by atoms with Crippen molar-refractivity contribution in [1.29, 1.82) is 10.5 Å². The second-order valence-electron chi connectivity index (χ2n) is 6.74. The highest BCUT2D eigenvalue weighted by Gasteiger charge is 2.14. The summed E-state index contributed by atoms with van der Waals surface area (Å²) in [5.41, 5.74) is 3.81. The third-order valence-electron chi connectivity index (χ3n) is 4.87. The number of nitriles is 2. The topological polar surface area (TPSA) is 140 Å². The number of hydrogen-bond donors (Lipinski definition) is 2. The van der Waals surface area contributed by atoms with Gasteiger partial charge in [-0.1, -0.05) is 6.07 Å². The molecule has 4 heterocycles. The molecule has 0 saturated heterocycles. The summed E-state index contributed by atoms with van der Waals surface area (Å²) in [5, 5.41) is 36.6. The van der Waals surface area contributed by atoms with Crippen LogP contribution in [0.2, 0.25) is 0 Å². The van der Waals surface area contributed by atoms with E-state index in [0.717, 1.165) is 9.99 Å². The first kappa shape index (κ1) is 21.6. The normalized spacial score (nSPS) is 10.3. The highest BCUT2D eigenvalue weighted by molar-refractivity contribution is 9.10. The lowest BCUT2D eigenvalue weighted by atomic mass is 10.0. The van der Waals surface area contributed by atoms with Crippen LogP contribution in [0.25, 0.3) is 22.2 Å². The molecule has 4 aromatic heterocycles. The van der Waals surface area contributed by atoms with E-state index >= 15 is 0 Å². The number of nitrogens with zero attached hydrogens (tertiary/aromatic N) is 6. The Hall–Kier alpha value is -4.67. The molecule has 0 atom stereocenters. The smallest absolute Gasteiger partial charge is 0.339 e. The molecule has 5 rings (SSSR count). The van der Waals surface area contributed by atoms with E-state index in [1.54, 1.807) is 64.2 Å². The molecule has 0 aliphatic carbocycles. The zero-order chi connectivity index (χ0) is 23.5. The largest absolute Gasteiger partial charge is 0.507 e. The summed E-state index contributed by atoms with van der Waals surface area (Å²) >= 11 is 3.35. The predicted molar refractivity (Wildman–Crippen MR) is 122 cm³/mol. The summed E-state index contributed by atoms with van der Waals surface area (Å²) in [7, 11) is 0. The van der Waals surface area contributed by atoms with Gasteiger partial charge in [0.25, 0.3) is 0 Å².